The molecule has 3 N–H and O–H groups in total. The van der Waals surface area contributed by atoms with E-state index < -0.39 is 11.8 Å². The van der Waals surface area contributed by atoms with E-state index >= 15 is 0 Å². The van der Waals surface area contributed by atoms with Gasteiger partial charge in [-0.3, -0.25) is 14.6 Å². The monoisotopic (exact) mass is 443 g/mol. The molecule has 6 rings (SSSR count). The molecule has 1 spiro atoms. The first-order valence-corrected chi connectivity index (χ1v) is 11.9. The number of rotatable bonds is 2. The number of halogens is 2. The average Bonchev–Trinajstić information content (AvgIpc) is 3.29. The largest absolute Gasteiger partial charge is 0.364 e. The normalized spacial score (nSPS) is 30.0. The number of amides is 1. The zero-order chi connectivity index (χ0) is 22.5. The summed E-state index contributed by atoms with van der Waals surface area (Å²) in [6, 6.07) is 2.94. The molecule has 4 saturated carbocycles. The van der Waals surface area contributed by atoms with Gasteiger partial charge in [0.2, 0.25) is 5.92 Å². The zero-order valence-corrected chi connectivity index (χ0v) is 18.3. The van der Waals surface area contributed by atoms with Crippen molar-refractivity contribution in [2.45, 2.75) is 70.1 Å². The molecule has 2 aromatic heterocycles. The third-order valence-electron chi connectivity index (χ3n) is 8.62. The van der Waals surface area contributed by atoms with Crippen LogP contribution in [0.25, 0.3) is 10.9 Å². The van der Waals surface area contributed by atoms with E-state index in [0.29, 0.717) is 17.4 Å². The summed E-state index contributed by atoms with van der Waals surface area (Å²) in [7, 11) is 0. The highest BCUT2D eigenvalue weighted by Gasteiger charge is 2.53. The number of nitrogens with one attached hydrogen (secondary N) is 1. The van der Waals surface area contributed by atoms with Crippen molar-refractivity contribution < 1.29 is 13.6 Å². The third kappa shape index (κ3) is 4.18. The van der Waals surface area contributed by atoms with E-state index in [1.54, 1.807) is 6.07 Å². The summed E-state index contributed by atoms with van der Waals surface area (Å²) in [4.78, 5) is 29.0. The second-order valence-electron chi connectivity index (χ2n) is 10.6. The number of H-pyrrole nitrogens is 1. The van der Waals surface area contributed by atoms with Gasteiger partial charge in [0.15, 0.2) is 5.43 Å². The smallest absolute Gasteiger partial charge is 0.268 e. The van der Waals surface area contributed by atoms with Crippen molar-refractivity contribution in [1.29, 1.82) is 0 Å². The van der Waals surface area contributed by atoms with Crippen molar-refractivity contribution in [3.63, 3.8) is 0 Å². The summed E-state index contributed by atoms with van der Waals surface area (Å²) in [6.07, 6.45) is 14.2. The van der Waals surface area contributed by atoms with E-state index in [1.807, 2.05) is 0 Å². The summed E-state index contributed by atoms with van der Waals surface area (Å²) >= 11 is 0. The lowest BCUT2D eigenvalue weighted by molar-refractivity contribution is -0.00265. The molecule has 0 saturated heterocycles. The van der Waals surface area contributed by atoms with E-state index in [0.717, 1.165) is 30.1 Å². The standard InChI is InChI=1S/C16H24F2.C9H7N3O2/c17-16(18)9-13-7-12(8-14(13)10-16)11-1-3-15(4-2-11)5-6-15;10-9(14)8-7-5(1-3-12-8)11-4-2-6(7)13/h11-14H,1-10H2;1-4H,(H2,10,14)(H,11,13)/t12?,13-,14+;. The van der Waals surface area contributed by atoms with Gasteiger partial charge in [-0.2, -0.15) is 0 Å². The van der Waals surface area contributed by atoms with Crippen molar-refractivity contribution >= 4 is 16.8 Å². The van der Waals surface area contributed by atoms with E-state index in [-0.39, 0.29) is 29.4 Å². The highest BCUT2D eigenvalue weighted by atomic mass is 19.3. The van der Waals surface area contributed by atoms with Crippen LogP contribution in [0.3, 0.4) is 0 Å². The Morgan fingerprint density at radius 1 is 1.00 bits per heavy atom. The minimum atomic E-state index is -2.33. The zero-order valence-electron chi connectivity index (χ0n) is 18.3. The van der Waals surface area contributed by atoms with Crippen LogP contribution in [0.1, 0.15) is 74.7 Å². The highest BCUT2D eigenvalue weighted by Crippen LogP contribution is 2.61. The number of pyridine rings is 2. The Morgan fingerprint density at radius 2 is 1.66 bits per heavy atom. The molecule has 0 bridgehead atoms. The average molecular weight is 444 g/mol. The van der Waals surface area contributed by atoms with Crippen molar-refractivity contribution in [3.8, 4) is 0 Å². The second-order valence-corrected chi connectivity index (χ2v) is 10.6. The van der Waals surface area contributed by atoms with Crippen molar-refractivity contribution in [3.05, 3.63) is 40.4 Å². The number of aromatic amines is 1. The Balaban J connectivity index is 0.000000140. The maximum absolute atomic E-state index is 13.3. The molecule has 0 radical (unpaired) electrons. The molecule has 1 amide bonds. The second kappa shape index (κ2) is 7.92. The van der Waals surface area contributed by atoms with Crippen LogP contribution in [-0.2, 0) is 0 Å². The summed E-state index contributed by atoms with van der Waals surface area (Å²) in [6.45, 7) is 0. The summed E-state index contributed by atoms with van der Waals surface area (Å²) in [5.74, 6) is -0.621. The van der Waals surface area contributed by atoms with Crippen molar-refractivity contribution in [2.75, 3.05) is 0 Å². The first-order chi connectivity index (χ1) is 15.3. The predicted octanol–water partition coefficient (Wildman–Crippen LogP) is 5.05. The lowest BCUT2D eigenvalue weighted by Crippen LogP contribution is -2.22. The van der Waals surface area contributed by atoms with Crippen LogP contribution in [0, 0.1) is 29.1 Å². The van der Waals surface area contributed by atoms with Gasteiger partial charge in [0.1, 0.15) is 5.69 Å². The van der Waals surface area contributed by atoms with E-state index in [9.17, 15) is 18.4 Å². The van der Waals surface area contributed by atoms with Gasteiger partial charge in [0.25, 0.3) is 5.91 Å². The summed E-state index contributed by atoms with van der Waals surface area (Å²) < 4.78 is 26.7. The number of hydrogen-bond acceptors (Lipinski definition) is 3. The Bertz CT molecular complexity index is 1050. The molecule has 4 aliphatic carbocycles. The van der Waals surface area contributed by atoms with Crippen LogP contribution >= 0.6 is 0 Å². The molecule has 32 heavy (non-hydrogen) atoms. The molecule has 7 heteroatoms. The molecule has 2 aromatic rings. The Hall–Kier alpha value is -2.31. The number of alkyl halides is 2. The fourth-order valence-corrected chi connectivity index (χ4v) is 6.70. The molecule has 4 aliphatic rings. The van der Waals surface area contributed by atoms with E-state index in [2.05, 4.69) is 9.97 Å². The number of hydrogen-bond donors (Lipinski definition) is 2. The topological polar surface area (TPSA) is 88.8 Å². The van der Waals surface area contributed by atoms with Gasteiger partial charge in [0.05, 0.1) is 10.9 Å². The number of carbonyl (C=O) groups excluding carboxylic acids is 1. The minimum Gasteiger partial charge on any atom is -0.364 e. The summed E-state index contributed by atoms with van der Waals surface area (Å²) in [5, 5.41) is 0.238. The maximum atomic E-state index is 13.3. The molecule has 2 heterocycles. The van der Waals surface area contributed by atoms with Gasteiger partial charge >= 0.3 is 0 Å². The van der Waals surface area contributed by atoms with Crippen LogP contribution < -0.4 is 11.2 Å². The third-order valence-corrected chi connectivity index (χ3v) is 8.62. The Labute approximate surface area is 186 Å². The molecule has 0 aliphatic heterocycles. The molecular formula is C25H31F2N3O2. The van der Waals surface area contributed by atoms with Crippen LogP contribution in [-0.4, -0.2) is 21.8 Å². The fourth-order valence-electron chi connectivity index (χ4n) is 6.70. The van der Waals surface area contributed by atoms with Crippen LogP contribution in [0.4, 0.5) is 8.78 Å². The van der Waals surface area contributed by atoms with Crippen molar-refractivity contribution in [2.24, 2.45) is 34.8 Å². The number of primary amides is 1. The van der Waals surface area contributed by atoms with Gasteiger partial charge < -0.3 is 10.7 Å². The molecule has 172 valence electrons. The number of fused-ring (bicyclic) bond motifs is 2. The Morgan fingerprint density at radius 3 is 2.25 bits per heavy atom. The van der Waals surface area contributed by atoms with Gasteiger partial charge in [0, 0.05) is 31.3 Å². The van der Waals surface area contributed by atoms with Crippen LogP contribution in [0.5, 0.6) is 0 Å². The maximum Gasteiger partial charge on any atom is 0.268 e. The molecule has 1 unspecified atom stereocenters. The van der Waals surface area contributed by atoms with Gasteiger partial charge in [-0.1, -0.05) is 0 Å². The van der Waals surface area contributed by atoms with Gasteiger partial charge in [-0.05, 0) is 86.5 Å². The molecule has 4 fully saturated rings. The first kappa shape index (κ1) is 21.5. The summed E-state index contributed by atoms with van der Waals surface area (Å²) in [5.41, 5.74) is 6.17. The molecule has 5 nitrogen and oxygen atoms in total. The number of nitrogens with zero attached hydrogens (tertiary/aromatic N) is 1. The number of aromatic nitrogens is 2. The van der Waals surface area contributed by atoms with Crippen LogP contribution in [0.2, 0.25) is 0 Å². The molecule has 3 atom stereocenters. The fraction of sp³-hybridized carbons (Fsp3) is 0.640. The first-order valence-electron chi connectivity index (χ1n) is 11.9. The van der Waals surface area contributed by atoms with Gasteiger partial charge in [-0.25, -0.2) is 8.78 Å². The molecule has 0 aromatic carbocycles. The lowest BCUT2D eigenvalue weighted by atomic mass is 9.73. The predicted molar refractivity (Wildman–Crippen MR) is 118 cm³/mol. The SMILES string of the molecule is FC1(F)C[C@H]2CC(C3CCC4(CC3)CC4)C[C@H]2C1.NC(=O)c1nccc2[nH]ccc(=O)c12. The quantitative estimate of drug-likeness (QED) is 0.681. The molecular weight excluding hydrogens is 412 g/mol. The van der Waals surface area contributed by atoms with Crippen molar-refractivity contribution in [1.82, 2.24) is 9.97 Å². The highest BCUT2D eigenvalue weighted by molar-refractivity contribution is 6.03. The van der Waals surface area contributed by atoms with Crippen LogP contribution in [0.15, 0.2) is 29.3 Å². The lowest BCUT2D eigenvalue weighted by Gasteiger charge is -2.33. The minimum absolute atomic E-state index is 0.00403. The number of carbonyl (C=O) groups is 1. The van der Waals surface area contributed by atoms with E-state index in [4.69, 9.17) is 5.73 Å². The van der Waals surface area contributed by atoms with E-state index in [1.165, 1.54) is 57.0 Å². The number of nitrogens with two attached hydrogens (primary N) is 1. The van der Waals surface area contributed by atoms with Gasteiger partial charge in [-0.15, -0.1) is 0 Å². The Kier molecular flexibility index (Phi) is 5.33.